The smallest absolute Gasteiger partial charge is 0.240 e. The molecule has 2 rings (SSSR count). The van der Waals surface area contributed by atoms with Crippen LogP contribution in [0.1, 0.15) is 19.8 Å². The van der Waals surface area contributed by atoms with Gasteiger partial charge in [0.25, 0.3) is 0 Å². The summed E-state index contributed by atoms with van der Waals surface area (Å²) in [4.78, 5) is 16.5. The average molecular weight is 284 g/mol. The number of hydrogen-bond donors (Lipinski definition) is 1. The Morgan fingerprint density at radius 3 is 2.53 bits per heavy atom. The molecule has 4 nitrogen and oxygen atoms in total. The van der Waals surface area contributed by atoms with Crippen LogP contribution in [0.15, 0.2) is 0 Å². The Hall–Kier alpha value is -0.0300. The van der Waals surface area contributed by atoms with Crippen molar-refractivity contribution in [2.24, 2.45) is 0 Å². The van der Waals surface area contributed by atoms with Crippen molar-refractivity contribution in [2.75, 3.05) is 33.2 Å². The topological polar surface area (TPSA) is 35.6 Å². The van der Waals surface area contributed by atoms with Gasteiger partial charge in [0.2, 0.25) is 5.91 Å². The van der Waals surface area contributed by atoms with Crippen molar-refractivity contribution in [3.63, 3.8) is 0 Å². The fraction of sp³-hybridized carbons (Fsp3) is 0.909. The second-order valence-corrected chi connectivity index (χ2v) is 4.79. The molecule has 0 saturated carbocycles. The summed E-state index contributed by atoms with van der Waals surface area (Å²) in [6.45, 7) is 6.02. The molecule has 0 spiro atoms. The highest BCUT2D eigenvalue weighted by Gasteiger charge is 2.31. The van der Waals surface area contributed by atoms with Crippen molar-refractivity contribution in [2.45, 2.75) is 31.8 Å². The van der Waals surface area contributed by atoms with Crippen molar-refractivity contribution in [1.29, 1.82) is 0 Å². The van der Waals surface area contributed by atoms with Crippen LogP contribution in [0.2, 0.25) is 0 Å². The van der Waals surface area contributed by atoms with Gasteiger partial charge < -0.3 is 15.1 Å². The summed E-state index contributed by atoms with van der Waals surface area (Å²) in [5.74, 6) is 0.313. The van der Waals surface area contributed by atoms with E-state index < -0.39 is 0 Å². The average Bonchev–Trinajstić information content (AvgIpc) is 2.69. The Bertz CT molecular complexity index is 247. The van der Waals surface area contributed by atoms with Crippen molar-refractivity contribution in [1.82, 2.24) is 15.1 Å². The van der Waals surface area contributed by atoms with Crippen molar-refractivity contribution >= 4 is 30.7 Å². The van der Waals surface area contributed by atoms with E-state index in [4.69, 9.17) is 0 Å². The van der Waals surface area contributed by atoms with Gasteiger partial charge in [-0.1, -0.05) is 0 Å². The summed E-state index contributed by atoms with van der Waals surface area (Å²) < 4.78 is 0. The van der Waals surface area contributed by atoms with Crippen molar-refractivity contribution in [3.05, 3.63) is 0 Å². The molecule has 0 aromatic carbocycles. The molecule has 2 aliphatic rings. The summed E-state index contributed by atoms with van der Waals surface area (Å²) >= 11 is 0. The van der Waals surface area contributed by atoms with E-state index in [0.717, 1.165) is 39.0 Å². The third kappa shape index (κ3) is 3.98. The number of halogens is 2. The Morgan fingerprint density at radius 1 is 1.29 bits per heavy atom. The Morgan fingerprint density at radius 2 is 2.00 bits per heavy atom. The van der Waals surface area contributed by atoms with Crippen LogP contribution in [0.5, 0.6) is 0 Å². The van der Waals surface area contributed by atoms with Gasteiger partial charge in [-0.2, -0.15) is 0 Å². The summed E-state index contributed by atoms with van der Waals surface area (Å²) in [7, 11) is 2.12. The Labute approximate surface area is 116 Å². The minimum atomic E-state index is 0. The summed E-state index contributed by atoms with van der Waals surface area (Å²) in [6, 6.07) is 0.453. The third-order valence-electron chi connectivity index (χ3n) is 3.47. The van der Waals surface area contributed by atoms with Gasteiger partial charge in [0, 0.05) is 25.7 Å². The van der Waals surface area contributed by atoms with E-state index in [-0.39, 0.29) is 30.9 Å². The molecular weight excluding hydrogens is 261 g/mol. The van der Waals surface area contributed by atoms with Gasteiger partial charge in [-0.25, -0.2) is 0 Å². The molecule has 0 aromatic rings. The molecule has 1 amide bonds. The lowest BCUT2D eigenvalue weighted by Crippen LogP contribution is -2.56. The lowest BCUT2D eigenvalue weighted by atomic mass is 10.1. The van der Waals surface area contributed by atoms with Crippen LogP contribution in [0, 0.1) is 0 Å². The molecule has 6 heteroatoms. The van der Waals surface area contributed by atoms with Gasteiger partial charge in [0.05, 0.1) is 6.04 Å². The number of rotatable bonds is 1. The molecule has 0 bridgehead atoms. The molecule has 0 aromatic heterocycles. The summed E-state index contributed by atoms with van der Waals surface area (Å²) in [5, 5.41) is 3.28. The van der Waals surface area contributed by atoms with Gasteiger partial charge in [0.15, 0.2) is 0 Å². The predicted molar refractivity (Wildman–Crippen MR) is 74.2 cm³/mol. The van der Waals surface area contributed by atoms with Crippen LogP contribution in [0.25, 0.3) is 0 Å². The van der Waals surface area contributed by atoms with Crippen molar-refractivity contribution < 1.29 is 4.79 Å². The number of nitrogens with one attached hydrogen (secondary N) is 1. The molecule has 0 radical (unpaired) electrons. The largest absolute Gasteiger partial charge is 0.336 e. The standard InChI is InChI=1S/C11H21N3O.2ClH/c1-9-8-13(2)6-7-14(9)11(15)10-4-3-5-12-10;;/h9-10,12H,3-8H2,1-2H3;2*1H. The zero-order chi connectivity index (χ0) is 10.8. The summed E-state index contributed by atoms with van der Waals surface area (Å²) in [6.07, 6.45) is 2.15. The minimum absolute atomic E-state index is 0. The van der Waals surface area contributed by atoms with Crippen LogP contribution in [-0.4, -0.2) is 61.0 Å². The lowest BCUT2D eigenvalue weighted by Gasteiger charge is -2.39. The molecule has 2 fully saturated rings. The van der Waals surface area contributed by atoms with E-state index >= 15 is 0 Å². The van der Waals surface area contributed by atoms with E-state index in [1.165, 1.54) is 0 Å². The molecule has 2 heterocycles. The van der Waals surface area contributed by atoms with Gasteiger partial charge in [-0.3, -0.25) is 4.79 Å². The second-order valence-electron chi connectivity index (χ2n) is 4.79. The molecule has 2 unspecified atom stereocenters. The van der Waals surface area contributed by atoms with E-state index in [1.807, 2.05) is 4.90 Å². The number of carbonyl (C=O) groups is 1. The van der Waals surface area contributed by atoms with E-state index in [0.29, 0.717) is 11.9 Å². The van der Waals surface area contributed by atoms with Crippen LogP contribution in [0.4, 0.5) is 0 Å². The van der Waals surface area contributed by atoms with Crippen LogP contribution < -0.4 is 5.32 Å². The number of piperazine rings is 1. The van der Waals surface area contributed by atoms with Crippen molar-refractivity contribution in [3.8, 4) is 0 Å². The highest BCUT2D eigenvalue weighted by molar-refractivity contribution is 5.85. The van der Waals surface area contributed by atoms with E-state index in [9.17, 15) is 4.79 Å². The molecule has 2 aliphatic heterocycles. The Balaban J connectivity index is 0.00000128. The van der Waals surface area contributed by atoms with Gasteiger partial charge >= 0.3 is 0 Å². The maximum Gasteiger partial charge on any atom is 0.240 e. The quantitative estimate of drug-likeness (QED) is 0.771. The third-order valence-corrected chi connectivity index (χ3v) is 3.47. The highest BCUT2D eigenvalue weighted by atomic mass is 35.5. The zero-order valence-corrected chi connectivity index (χ0v) is 12.1. The van der Waals surface area contributed by atoms with Crippen LogP contribution in [0.3, 0.4) is 0 Å². The van der Waals surface area contributed by atoms with E-state index in [2.05, 4.69) is 24.2 Å². The van der Waals surface area contributed by atoms with Gasteiger partial charge in [-0.05, 0) is 33.4 Å². The minimum Gasteiger partial charge on any atom is -0.336 e. The summed E-state index contributed by atoms with van der Waals surface area (Å²) in [5.41, 5.74) is 0. The molecule has 102 valence electrons. The van der Waals surface area contributed by atoms with Crippen LogP contribution >= 0.6 is 24.8 Å². The molecule has 17 heavy (non-hydrogen) atoms. The lowest BCUT2D eigenvalue weighted by molar-refractivity contribution is -0.137. The Kier molecular flexibility index (Phi) is 7.40. The van der Waals surface area contributed by atoms with Crippen LogP contribution in [-0.2, 0) is 4.79 Å². The predicted octanol–water partition coefficient (Wildman–Crippen LogP) is 0.744. The molecule has 2 saturated heterocycles. The number of carbonyl (C=O) groups excluding carboxylic acids is 1. The highest BCUT2D eigenvalue weighted by Crippen LogP contribution is 2.14. The first kappa shape index (κ1) is 17.0. The normalized spacial score (nSPS) is 29.4. The van der Waals surface area contributed by atoms with Gasteiger partial charge in [0.1, 0.15) is 0 Å². The molecule has 1 N–H and O–H groups in total. The monoisotopic (exact) mass is 283 g/mol. The fourth-order valence-corrected chi connectivity index (χ4v) is 2.56. The second kappa shape index (κ2) is 7.41. The number of likely N-dealkylation sites (N-methyl/N-ethyl adjacent to an activating group) is 1. The fourth-order valence-electron chi connectivity index (χ4n) is 2.56. The molecule has 0 aliphatic carbocycles. The SMILES string of the molecule is CC1CN(C)CCN1C(=O)C1CCCN1.Cl.Cl. The first-order chi connectivity index (χ1) is 7.18. The maximum absolute atomic E-state index is 12.2. The van der Waals surface area contributed by atoms with E-state index in [1.54, 1.807) is 0 Å². The maximum atomic E-state index is 12.2. The molecular formula is C11H23Cl2N3O. The zero-order valence-electron chi connectivity index (χ0n) is 10.5. The first-order valence-corrected chi connectivity index (χ1v) is 5.91. The first-order valence-electron chi connectivity index (χ1n) is 5.91. The number of hydrogen-bond acceptors (Lipinski definition) is 3. The molecule has 2 atom stereocenters. The van der Waals surface area contributed by atoms with Gasteiger partial charge in [-0.15, -0.1) is 24.8 Å². The number of amides is 1. The number of nitrogens with zero attached hydrogens (tertiary/aromatic N) is 2.